The first-order valence-corrected chi connectivity index (χ1v) is 6.57. The smallest absolute Gasteiger partial charge is 0.133 e. The van der Waals surface area contributed by atoms with E-state index in [0.29, 0.717) is 0 Å². The van der Waals surface area contributed by atoms with Gasteiger partial charge >= 0.3 is 0 Å². The van der Waals surface area contributed by atoms with Gasteiger partial charge in [0.15, 0.2) is 0 Å². The Balaban J connectivity index is 1.84. The maximum absolute atomic E-state index is 5.95. The van der Waals surface area contributed by atoms with E-state index >= 15 is 0 Å². The Kier molecular flexibility index (Phi) is 3.77. The summed E-state index contributed by atoms with van der Waals surface area (Å²) in [5.41, 5.74) is 1.10. The van der Waals surface area contributed by atoms with Crippen molar-refractivity contribution >= 4 is 0 Å². The molecule has 3 rings (SSSR count). The van der Waals surface area contributed by atoms with Gasteiger partial charge in [-0.05, 0) is 18.2 Å². The van der Waals surface area contributed by atoms with Gasteiger partial charge in [-0.25, -0.2) is 0 Å². The van der Waals surface area contributed by atoms with Crippen molar-refractivity contribution in [2.75, 3.05) is 19.7 Å². The number of benzene rings is 2. The molecule has 0 saturated carbocycles. The summed E-state index contributed by atoms with van der Waals surface area (Å²) in [5, 5.41) is 3.34. The summed E-state index contributed by atoms with van der Waals surface area (Å²) in [7, 11) is 0. The van der Waals surface area contributed by atoms with Crippen molar-refractivity contribution in [3.63, 3.8) is 0 Å². The zero-order chi connectivity index (χ0) is 12.9. The topological polar surface area (TPSA) is 30.5 Å². The number of morpholine rings is 1. The molecule has 0 aromatic heterocycles. The maximum Gasteiger partial charge on any atom is 0.133 e. The SMILES string of the molecule is c1ccc(Oc2ccccc2C2CNCCO2)cc1. The van der Waals surface area contributed by atoms with Gasteiger partial charge in [-0.2, -0.15) is 0 Å². The zero-order valence-electron chi connectivity index (χ0n) is 10.7. The molecule has 3 nitrogen and oxygen atoms in total. The molecule has 1 unspecified atom stereocenters. The Labute approximate surface area is 113 Å². The molecule has 2 aromatic carbocycles. The molecule has 3 heteroatoms. The highest BCUT2D eigenvalue weighted by molar-refractivity contribution is 5.39. The predicted molar refractivity (Wildman–Crippen MR) is 74.5 cm³/mol. The third kappa shape index (κ3) is 2.95. The molecule has 1 N–H and O–H groups in total. The second-order valence-electron chi connectivity index (χ2n) is 4.52. The highest BCUT2D eigenvalue weighted by Crippen LogP contribution is 2.31. The van der Waals surface area contributed by atoms with Crippen LogP contribution in [0.25, 0.3) is 0 Å². The fourth-order valence-corrected chi connectivity index (χ4v) is 2.22. The summed E-state index contributed by atoms with van der Waals surface area (Å²) in [6, 6.07) is 17.9. The molecule has 1 saturated heterocycles. The first-order valence-electron chi connectivity index (χ1n) is 6.57. The summed E-state index contributed by atoms with van der Waals surface area (Å²) >= 11 is 0. The van der Waals surface area contributed by atoms with E-state index in [0.717, 1.165) is 36.8 Å². The van der Waals surface area contributed by atoms with Crippen molar-refractivity contribution in [2.24, 2.45) is 0 Å². The third-order valence-corrected chi connectivity index (χ3v) is 3.16. The van der Waals surface area contributed by atoms with E-state index in [4.69, 9.17) is 9.47 Å². The van der Waals surface area contributed by atoms with E-state index in [1.54, 1.807) is 0 Å². The lowest BCUT2D eigenvalue weighted by Gasteiger charge is -2.25. The van der Waals surface area contributed by atoms with E-state index in [2.05, 4.69) is 11.4 Å². The number of para-hydroxylation sites is 2. The van der Waals surface area contributed by atoms with E-state index < -0.39 is 0 Å². The lowest BCUT2D eigenvalue weighted by atomic mass is 10.1. The zero-order valence-corrected chi connectivity index (χ0v) is 10.7. The van der Waals surface area contributed by atoms with E-state index in [9.17, 15) is 0 Å². The summed E-state index contributed by atoms with van der Waals surface area (Å²) in [4.78, 5) is 0. The van der Waals surface area contributed by atoms with E-state index in [-0.39, 0.29) is 6.10 Å². The van der Waals surface area contributed by atoms with Crippen molar-refractivity contribution < 1.29 is 9.47 Å². The predicted octanol–water partition coefficient (Wildman–Crippen LogP) is 3.14. The van der Waals surface area contributed by atoms with Crippen LogP contribution in [0.2, 0.25) is 0 Å². The number of rotatable bonds is 3. The third-order valence-electron chi connectivity index (χ3n) is 3.16. The molecule has 0 spiro atoms. The Morgan fingerprint density at radius 2 is 1.79 bits per heavy atom. The highest BCUT2D eigenvalue weighted by atomic mass is 16.5. The van der Waals surface area contributed by atoms with Crippen LogP contribution in [0.4, 0.5) is 0 Å². The number of hydrogen-bond acceptors (Lipinski definition) is 3. The Morgan fingerprint density at radius 1 is 1.00 bits per heavy atom. The van der Waals surface area contributed by atoms with Crippen LogP contribution in [0.5, 0.6) is 11.5 Å². The Bertz CT molecular complexity index is 521. The van der Waals surface area contributed by atoms with Crippen molar-refractivity contribution in [3.05, 3.63) is 60.2 Å². The number of ether oxygens (including phenoxy) is 2. The molecule has 1 aliphatic rings. The standard InChI is InChI=1S/C16H17NO2/c1-2-6-13(7-3-1)19-15-9-5-4-8-14(15)16-12-17-10-11-18-16/h1-9,16-17H,10-12H2. The van der Waals surface area contributed by atoms with Gasteiger partial charge in [0, 0.05) is 18.7 Å². The normalized spacial score (nSPS) is 19.1. The van der Waals surface area contributed by atoms with Crippen LogP contribution in [0, 0.1) is 0 Å². The molecule has 1 atom stereocenters. The minimum atomic E-state index is 0.0636. The van der Waals surface area contributed by atoms with Gasteiger partial charge in [0.1, 0.15) is 11.5 Å². The molecule has 98 valence electrons. The number of hydrogen-bond donors (Lipinski definition) is 1. The van der Waals surface area contributed by atoms with Crippen LogP contribution in [0.15, 0.2) is 54.6 Å². The molecule has 0 aliphatic carbocycles. The highest BCUT2D eigenvalue weighted by Gasteiger charge is 2.19. The van der Waals surface area contributed by atoms with Crippen molar-refractivity contribution in [3.8, 4) is 11.5 Å². The Morgan fingerprint density at radius 3 is 2.58 bits per heavy atom. The van der Waals surface area contributed by atoms with E-state index in [1.807, 2.05) is 48.5 Å². The van der Waals surface area contributed by atoms with Gasteiger partial charge in [0.25, 0.3) is 0 Å². The number of nitrogens with one attached hydrogen (secondary N) is 1. The van der Waals surface area contributed by atoms with Crippen LogP contribution >= 0.6 is 0 Å². The minimum Gasteiger partial charge on any atom is -0.457 e. The first kappa shape index (κ1) is 12.2. The molecule has 0 amide bonds. The second-order valence-corrected chi connectivity index (χ2v) is 4.52. The van der Waals surface area contributed by atoms with Gasteiger partial charge in [-0.3, -0.25) is 0 Å². The summed E-state index contributed by atoms with van der Waals surface area (Å²) in [6.45, 7) is 2.48. The molecule has 1 fully saturated rings. The molecule has 0 bridgehead atoms. The lowest BCUT2D eigenvalue weighted by Crippen LogP contribution is -2.33. The van der Waals surface area contributed by atoms with Crippen LogP contribution < -0.4 is 10.1 Å². The summed E-state index contributed by atoms with van der Waals surface area (Å²) in [5.74, 6) is 1.71. The molecule has 2 aromatic rings. The second kappa shape index (κ2) is 5.87. The summed E-state index contributed by atoms with van der Waals surface area (Å²) in [6.07, 6.45) is 0.0636. The van der Waals surface area contributed by atoms with Crippen molar-refractivity contribution in [1.82, 2.24) is 5.32 Å². The lowest BCUT2D eigenvalue weighted by molar-refractivity contribution is 0.0265. The van der Waals surface area contributed by atoms with Crippen LogP contribution in [0.1, 0.15) is 11.7 Å². The van der Waals surface area contributed by atoms with Crippen molar-refractivity contribution in [2.45, 2.75) is 6.10 Å². The van der Waals surface area contributed by atoms with Crippen LogP contribution in [-0.4, -0.2) is 19.7 Å². The first-order chi connectivity index (χ1) is 9.43. The molecule has 1 heterocycles. The van der Waals surface area contributed by atoms with Gasteiger partial charge in [-0.15, -0.1) is 0 Å². The Hall–Kier alpha value is -1.84. The monoisotopic (exact) mass is 255 g/mol. The van der Waals surface area contributed by atoms with Gasteiger partial charge in [0.05, 0.1) is 12.7 Å². The van der Waals surface area contributed by atoms with Gasteiger partial charge < -0.3 is 14.8 Å². The van der Waals surface area contributed by atoms with Crippen LogP contribution in [-0.2, 0) is 4.74 Å². The molecular formula is C16H17NO2. The molecule has 0 radical (unpaired) electrons. The molecule has 19 heavy (non-hydrogen) atoms. The van der Waals surface area contributed by atoms with Crippen molar-refractivity contribution in [1.29, 1.82) is 0 Å². The van der Waals surface area contributed by atoms with Crippen LogP contribution in [0.3, 0.4) is 0 Å². The fourth-order valence-electron chi connectivity index (χ4n) is 2.22. The molecule has 1 aliphatic heterocycles. The molecular weight excluding hydrogens is 238 g/mol. The van der Waals surface area contributed by atoms with Gasteiger partial charge in [0.2, 0.25) is 0 Å². The maximum atomic E-state index is 5.95. The summed E-state index contributed by atoms with van der Waals surface area (Å²) < 4.78 is 11.8. The van der Waals surface area contributed by atoms with Gasteiger partial charge in [-0.1, -0.05) is 36.4 Å². The quantitative estimate of drug-likeness (QED) is 0.914. The average molecular weight is 255 g/mol. The largest absolute Gasteiger partial charge is 0.457 e. The fraction of sp³-hybridized carbons (Fsp3) is 0.250. The van der Waals surface area contributed by atoms with E-state index in [1.165, 1.54) is 0 Å². The average Bonchev–Trinajstić information content (AvgIpc) is 2.50. The minimum absolute atomic E-state index is 0.0636.